The third-order valence-electron chi connectivity index (χ3n) is 3.96. The van der Waals surface area contributed by atoms with Gasteiger partial charge < -0.3 is 5.32 Å². The van der Waals surface area contributed by atoms with Crippen molar-refractivity contribution < 1.29 is 4.79 Å². The summed E-state index contributed by atoms with van der Waals surface area (Å²) in [4.78, 5) is 12.0. The lowest BCUT2D eigenvalue weighted by molar-refractivity contribution is -0.123. The largest absolute Gasteiger partial charge is 0.350 e. The fourth-order valence-corrected chi connectivity index (χ4v) is 3.41. The molecule has 94 valence electrons. The fraction of sp³-hybridized carbons (Fsp3) is 0.923. The Morgan fingerprint density at radius 3 is 2.31 bits per heavy atom. The van der Waals surface area contributed by atoms with Crippen molar-refractivity contribution >= 4 is 21.8 Å². The number of amides is 1. The average Bonchev–Trinajstić information content (AvgIpc) is 2.79. The van der Waals surface area contributed by atoms with Crippen LogP contribution in [0.2, 0.25) is 0 Å². The Hall–Kier alpha value is -0.0500. The standard InChI is InChI=1S/C13H24BrNO/c1-3-13(4-2,10-14)15-12(16)9-11-7-5-6-8-11/h11H,3-10H2,1-2H3,(H,15,16). The van der Waals surface area contributed by atoms with Gasteiger partial charge in [0, 0.05) is 17.3 Å². The number of carbonyl (C=O) groups excluding carboxylic acids is 1. The highest BCUT2D eigenvalue weighted by atomic mass is 79.9. The Morgan fingerprint density at radius 1 is 1.31 bits per heavy atom. The van der Waals surface area contributed by atoms with E-state index in [1.54, 1.807) is 0 Å². The van der Waals surface area contributed by atoms with Crippen LogP contribution in [0.1, 0.15) is 58.8 Å². The molecule has 1 aliphatic rings. The number of hydrogen-bond acceptors (Lipinski definition) is 1. The van der Waals surface area contributed by atoms with E-state index in [1.165, 1.54) is 25.7 Å². The summed E-state index contributed by atoms with van der Waals surface area (Å²) in [5, 5.41) is 4.07. The molecule has 0 heterocycles. The van der Waals surface area contributed by atoms with Gasteiger partial charge in [0.05, 0.1) is 0 Å². The van der Waals surface area contributed by atoms with Gasteiger partial charge in [0.2, 0.25) is 5.91 Å². The van der Waals surface area contributed by atoms with Gasteiger partial charge >= 0.3 is 0 Å². The van der Waals surface area contributed by atoms with Crippen LogP contribution in [0.3, 0.4) is 0 Å². The maximum atomic E-state index is 12.0. The first-order chi connectivity index (χ1) is 7.65. The molecule has 16 heavy (non-hydrogen) atoms. The topological polar surface area (TPSA) is 29.1 Å². The molecule has 0 saturated heterocycles. The van der Waals surface area contributed by atoms with E-state index in [2.05, 4.69) is 35.1 Å². The summed E-state index contributed by atoms with van der Waals surface area (Å²) in [6.07, 6.45) is 7.82. The zero-order chi connectivity index (χ0) is 12.0. The van der Waals surface area contributed by atoms with Gasteiger partial charge in [-0.1, -0.05) is 42.6 Å². The quantitative estimate of drug-likeness (QED) is 0.743. The van der Waals surface area contributed by atoms with Crippen molar-refractivity contribution in [2.75, 3.05) is 5.33 Å². The van der Waals surface area contributed by atoms with Crippen LogP contribution in [0.25, 0.3) is 0 Å². The van der Waals surface area contributed by atoms with Crippen LogP contribution >= 0.6 is 15.9 Å². The highest BCUT2D eigenvalue weighted by molar-refractivity contribution is 9.09. The summed E-state index contributed by atoms with van der Waals surface area (Å²) in [7, 11) is 0. The number of carbonyl (C=O) groups is 1. The van der Waals surface area contributed by atoms with Crippen molar-refractivity contribution in [3.05, 3.63) is 0 Å². The van der Waals surface area contributed by atoms with E-state index in [0.29, 0.717) is 5.92 Å². The van der Waals surface area contributed by atoms with Gasteiger partial charge in [0.25, 0.3) is 0 Å². The number of halogens is 1. The molecular formula is C13H24BrNO. The van der Waals surface area contributed by atoms with Crippen LogP contribution in [-0.4, -0.2) is 16.8 Å². The molecule has 0 radical (unpaired) electrons. The van der Waals surface area contributed by atoms with Gasteiger partial charge in [0.15, 0.2) is 0 Å². The average molecular weight is 290 g/mol. The van der Waals surface area contributed by atoms with Crippen LogP contribution < -0.4 is 5.32 Å². The second-order valence-electron chi connectivity index (χ2n) is 5.02. The van der Waals surface area contributed by atoms with Crippen molar-refractivity contribution in [2.24, 2.45) is 5.92 Å². The lowest BCUT2D eigenvalue weighted by Crippen LogP contribution is -2.49. The third-order valence-corrected chi connectivity index (χ3v) is 5.04. The molecule has 1 saturated carbocycles. The van der Waals surface area contributed by atoms with Crippen molar-refractivity contribution in [1.29, 1.82) is 0 Å². The molecule has 1 rings (SSSR count). The summed E-state index contributed by atoms with van der Waals surface area (Å²) >= 11 is 3.52. The van der Waals surface area contributed by atoms with E-state index in [0.717, 1.165) is 24.6 Å². The summed E-state index contributed by atoms with van der Waals surface area (Å²) in [5.41, 5.74) is -0.0321. The van der Waals surface area contributed by atoms with Gasteiger partial charge in [-0.3, -0.25) is 4.79 Å². The molecule has 0 unspecified atom stereocenters. The molecule has 0 bridgehead atoms. The van der Waals surface area contributed by atoms with Crippen LogP contribution in [-0.2, 0) is 4.79 Å². The second kappa shape index (κ2) is 6.63. The molecule has 0 aromatic heterocycles. The maximum absolute atomic E-state index is 12.0. The van der Waals surface area contributed by atoms with E-state index in [-0.39, 0.29) is 11.4 Å². The van der Waals surface area contributed by atoms with Crippen LogP contribution in [0, 0.1) is 5.92 Å². The molecule has 0 spiro atoms. The van der Waals surface area contributed by atoms with Gasteiger partial charge in [-0.15, -0.1) is 0 Å². The molecule has 1 fully saturated rings. The van der Waals surface area contributed by atoms with E-state index in [9.17, 15) is 4.79 Å². The van der Waals surface area contributed by atoms with Gasteiger partial charge in [-0.05, 0) is 31.6 Å². The minimum atomic E-state index is -0.0321. The molecule has 0 aromatic rings. The molecule has 3 heteroatoms. The molecule has 2 nitrogen and oxygen atoms in total. The lowest BCUT2D eigenvalue weighted by Gasteiger charge is -2.31. The van der Waals surface area contributed by atoms with Crippen LogP contribution in [0.5, 0.6) is 0 Å². The number of rotatable bonds is 6. The first-order valence-electron chi connectivity index (χ1n) is 6.52. The molecule has 1 N–H and O–H groups in total. The van der Waals surface area contributed by atoms with E-state index < -0.39 is 0 Å². The van der Waals surface area contributed by atoms with E-state index >= 15 is 0 Å². The number of hydrogen-bond donors (Lipinski definition) is 1. The Morgan fingerprint density at radius 2 is 1.88 bits per heavy atom. The Labute approximate surface area is 108 Å². The Balaban J connectivity index is 2.41. The normalized spacial score (nSPS) is 17.7. The van der Waals surface area contributed by atoms with Crippen molar-refractivity contribution in [1.82, 2.24) is 5.32 Å². The monoisotopic (exact) mass is 289 g/mol. The molecule has 1 amide bonds. The molecule has 0 aliphatic heterocycles. The van der Waals surface area contributed by atoms with Crippen LogP contribution in [0.4, 0.5) is 0 Å². The smallest absolute Gasteiger partial charge is 0.220 e. The van der Waals surface area contributed by atoms with Crippen molar-refractivity contribution in [3.8, 4) is 0 Å². The number of alkyl halides is 1. The molecule has 0 atom stereocenters. The van der Waals surface area contributed by atoms with Crippen LogP contribution in [0.15, 0.2) is 0 Å². The number of nitrogens with one attached hydrogen (secondary N) is 1. The summed E-state index contributed by atoms with van der Waals surface area (Å²) in [5.74, 6) is 0.886. The lowest BCUT2D eigenvalue weighted by atomic mass is 9.94. The summed E-state index contributed by atoms with van der Waals surface area (Å²) in [6.45, 7) is 4.28. The SMILES string of the molecule is CCC(CC)(CBr)NC(=O)CC1CCCC1. The summed E-state index contributed by atoms with van der Waals surface area (Å²) < 4.78 is 0. The van der Waals surface area contributed by atoms with E-state index in [1.807, 2.05) is 0 Å². The predicted molar refractivity (Wildman–Crippen MR) is 71.8 cm³/mol. The Bertz CT molecular complexity index is 212. The third kappa shape index (κ3) is 3.76. The van der Waals surface area contributed by atoms with Gasteiger partial charge in [-0.25, -0.2) is 0 Å². The van der Waals surface area contributed by atoms with Crippen molar-refractivity contribution in [2.45, 2.75) is 64.3 Å². The molecular weight excluding hydrogens is 266 g/mol. The predicted octanol–water partition coefficient (Wildman–Crippen LogP) is 3.64. The molecule has 0 aromatic carbocycles. The highest BCUT2D eigenvalue weighted by Gasteiger charge is 2.28. The van der Waals surface area contributed by atoms with Crippen molar-refractivity contribution in [3.63, 3.8) is 0 Å². The summed E-state index contributed by atoms with van der Waals surface area (Å²) in [6, 6.07) is 0. The zero-order valence-corrected chi connectivity index (χ0v) is 12.1. The molecule has 1 aliphatic carbocycles. The van der Waals surface area contributed by atoms with E-state index in [4.69, 9.17) is 0 Å². The minimum Gasteiger partial charge on any atom is -0.350 e. The van der Waals surface area contributed by atoms with Gasteiger partial charge in [-0.2, -0.15) is 0 Å². The second-order valence-corrected chi connectivity index (χ2v) is 5.58. The van der Waals surface area contributed by atoms with Gasteiger partial charge in [0.1, 0.15) is 0 Å². The fourth-order valence-electron chi connectivity index (χ4n) is 2.47. The maximum Gasteiger partial charge on any atom is 0.220 e. The first-order valence-corrected chi connectivity index (χ1v) is 7.65. The highest BCUT2D eigenvalue weighted by Crippen LogP contribution is 2.28. The first kappa shape index (κ1) is 14.0. The Kier molecular flexibility index (Phi) is 5.81. The minimum absolute atomic E-state index is 0.0321. The zero-order valence-electron chi connectivity index (χ0n) is 10.5.